The molecule has 0 spiro atoms. The minimum absolute atomic E-state index is 0.783. The molecule has 0 radical (unpaired) electrons. The van der Waals surface area contributed by atoms with E-state index in [1.54, 1.807) is 18.6 Å². The maximum atomic E-state index is 4.58. The topological polar surface area (TPSA) is 50.7 Å². The molecular formula is C14H12N4. The SMILES string of the molecule is C1=CCNC(c2cncc(-c3ccccn3)n2)=C1. The van der Waals surface area contributed by atoms with E-state index in [1.165, 1.54) is 0 Å². The Balaban J connectivity index is 1.99. The molecule has 18 heavy (non-hydrogen) atoms. The second-order valence-electron chi connectivity index (χ2n) is 3.89. The van der Waals surface area contributed by atoms with E-state index in [0.29, 0.717) is 0 Å². The zero-order valence-corrected chi connectivity index (χ0v) is 9.74. The molecule has 4 heteroatoms. The first kappa shape index (κ1) is 10.7. The van der Waals surface area contributed by atoms with E-state index < -0.39 is 0 Å². The van der Waals surface area contributed by atoms with Gasteiger partial charge in [-0.3, -0.25) is 9.97 Å². The largest absolute Gasteiger partial charge is 0.380 e. The number of nitrogens with one attached hydrogen (secondary N) is 1. The summed E-state index contributed by atoms with van der Waals surface area (Å²) in [5.74, 6) is 0. The number of aromatic nitrogens is 3. The molecule has 0 amide bonds. The summed E-state index contributed by atoms with van der Waals surface area (Å²) in [5.41, 5.74) is 3.44. The summed E-state index contributed by atoms with van der Waals surface area (Å²) in [5, 5.41) is 3.27. The molecule has 1 aliphatic rings. The Bertz CT molecular complexity index is 602. The number of rotatable bonds is 2. The molecule has 0 bridgehead atoms. The number of nitrogens with zero attached hydrogens (tertiary/aromatic N) is 3. The fourth-order valence-electron chi connectivity index (χ4n) is 1.77. The van der Waals surface area contributed by atoms with Crippen LogP contribution in [0.2, 0.25) is 0 Å². The molecule has 0 fully saturated rings. The normalized spacial score (nSPS) is 13.9. The van der Waals surface area contributed by atoms with Crippen molar-refractivity contribution < 1.29 is 0 Å². The highest BCUT2D eigenvalue weighted by molar-refractivity contribution is 5.65. The Morgan fingerprint density at radius 1 is 1.06 bits per heavy atom. The predicted molar refractivity (Wildman–Crippen MR) is 70.4 cm³/mol. The molecule has 3 rings (SSSR count). The molecule has 0 unspecified atom stereocenters. The van der Waals surface area contributed by atoms with Crippen molar-refractivity contribution in [2.24, 2.45) is 0 Å². The molecule has 0 aromatic carbocycles. The third-order valence-corrected chi connectivity index (χ3v) is 2.65. The third kappa shape index (κ3) is 2.13. The predicted octanol–water partition coefficient (Wildman–Crippen LogP) is 2.04. The summed E-state index contributed by atoms with van der Waals surface area (Å²) < 4.78 is 0. The van der Waals surface area contributed by atoms with Gasteiger partial charge in [0.25, 0.3) is 0 Å². The average Bonchev–Trinajstić information content (AvgIpc) is 2.49. The molecule has 3 heterocycles. The summed E-state index contributed by atoms with van der Waals surface area (Å²) in [6.07, 6.45) is 11.3. The van der Waals surface area contributed by atoms with Gasteiger partial charge in [0, 0.05) is 12.7 Å². The number of hydrogen-bond acceptors (Lipinski definition) is 4. The Morgan fingerprint density at radius 3 is 2.78 bits per heavy atom. The Morgan fingerprint density at radius 2 is 2.00 bits per heavy atom. The van der Waals surface area contributed by atoms with Gasteiger partial charge >= 0.3 is 0 Å². The third-order valence-electron chi connectivity index (χ3n) is 2.65. The Labute approximate surface area is 105 Å². The van der Waals surface area contributed by atoms with Crippen molar-refractivity contribution in [2.45, 2.75) is 0 Å². The van der Waals surface area contributed by atoms with E-state index in [1.807, 2.05) is 30.4 Å². The molecule has 4 nitrogen and oxygen atoms in total. The highest BCUT2D eigenvalue weighted by Crippen LogP contribution is 2.16. The smallest absolute Gasteiger partial charge is 0.108 e. The van der Waals surface area contributed by atoms with Crippen molar-refractivity contribution in [3.8, 4) is 11.4 Å². The summed E-state index contributed by atoms with van der Waals surface area (Å²) in [7, 11) is 0. The van der Waals surface area contributed by atoms with Crippen molar-refractivity contribution >= 4 is 5.70 Å². The van der Waals surface area contributed by atoms with Gasteiger partial charge in [0.05, 0.1) is 23.8 Å². The monoisotopic (exact) mass is 236 g/mol. The standard InChI is InChI=1S/C14H12N4/c1-3-7-16-11(5-1)13-9-15-10-14(18-13)12-6-2-4-8-17-12/h1-7,9-10,17H,8H2. The lowest BCUT2D eigenvalue weighted by Gasteiger charge is -2.11. The Hall–Kier alpha value is -2.49. The van der Waals surface area contributed by atoms with Gasteiger partial charge in [0.15, 0.2) is 0 Å². The van der Waals surface area contributed by atoms with Gasteiger partial charge in [-0.05, 0) is 18.2 Å². The number of allylic oxidation sites excluding steroid dienone is 2. The van der Waals surface area contributed by atoms with E-state index in [9.17, 15) is 0 Å². The first-order valence-corrected chi connectivity index (χ1v) is 5.78. The summed E-state index contributed by atoms with van der Waals surface area (Å²) in [4.78, 5) is 13.1. The van der Waals surface area contributed by atoms with Crippen molar-refractivity contribution in [2.75, 3.05) is 6.54 Å². The molecule has 2 aromatic heterocycles. The molecule has 0 saturated carbocycles. The maximum Gasteiger partial charge on any atom is 0.108 e. The first-order chi connectivity index (χ1) is 8.93. The molecule has 2 aromatic rings. The van der Waals surface area contributed by atoms with Gasteiger partial charge in [0.1, 0.15) is 11.4 Å². The zero-order valence-electron chi connectivity index (χ0n) is 9.74. The summed E-state index contributed by atoms with van der Waals surface area (Å²) >= 11 is 0. The summed E-state index contributed by atoms with van der Waals surface area (Å²) in [6, 6.07) is 5.75. The molecule has 88 valence electrons. The highest BCUT2D eigenvalue weighted by Gasteiger charge is 2.07. The maximum absolute atomic E-state index is 4.58. The van der Waals surface area contributed by atoms with Crippen LogP contribution in [-0.4, -0.2) is 21.5 Å². The van der Waals surface area contributed by atoms with Crippen molar-refractivity contribution in [1.29, 1.82) is 0 Å². The second-order valence-corrected chi connectivity index (χ2v) is 3.89. The quantitative estimate of drug-likeness (QED) is 0.867. The van der Waals surface area contributed by atoms with Crippen molar-refractivity contribution in [1.82, 2.24) is 20.3 Å². The van der Waals surface area contributed by atoms with E-state index in [0.717, 1.165) is 29.3 Å². The lowest BCUT2D eigenvalue weighted by Crippen LogP contribution is -2.15. The lowest BCUT2D eigenvalue weighted by atomic mass is 10.2. The van der Waals surface area contributed by atoms with Gasteiger partial charge in [-0.1, -0.05) is 18.2 Å². The number of hydrogen-bond donors (Lipinski definition) is 1. The fraction of sp³-hybridized carbons (Fsp3) is 0.0714. The van der Waals surface area contributed by atoms with Crippen LogP contribution in [0.1, 0.15) is 5.69 Å². The van der Waals surface area contributed by atoms with Gasteiger partial charge in [-0.2, -0.15) is 0 Å². The fourth-order valence-corrected chi connectivity index (χ4v) is 1.77. The van der Waals surface area contributed by atoms with Crippen LogP contribution in [0.25, 0.3) is 17.1 Å². The van der Waals surface area contributed by atoms with E-state index in [4.69, 9.17) is 0 Å². The minimum atomic E-state index is 0.783. The van der Waals surface area contributed by atoms with Gasteiger partial charge < -0.3 is 5.32 Å². The Kier molecular flexibility index (Phi) is 2.84. The van der Waals surface area contributed by atoms with Gasteiger partial charge in [-0.15, -0.1) is 0 Å². The van der Waals surface area contributed by atoms with Crippen LogP contribution in [0.3, 0.4) is 0 Å². The van der Waals surface area contributed by atoms with Crippen molar-refractivity contribution in [3.05, 3.63) is 60.7 Å². The van der Waals surface area contributed by atoms with Crippen LogP contribution in [0, 0.1) is 0 Å². The van der Waals surface area contributed by atoms with Crippen LogP contribution < -0.4 is 5.32 Å². The summed E-state index contributed by atoms with van der Waals surface area (Å²) in [6.45, 7) is 0.821. The minimum Gasteiger partial charge on any atom is -0.380 e. The van der Waals surface area contributed by atoms with E-state index >= 15 is 0 Å². The second kappa shape index (κ2) is 4.79. The van der Waals surface area contributed by atoms with Gasteiger partial charge in [0.2, 0.25) is 0 Å². The van der Waals surface area contributed by atoms with Crippen LogP contribution in [0.5, 0.6) is 0 Å². The molecular weight excluding hydrogens is 224 g/mol. The zero-order chi connectivity index (χ0) is 12.2. The first-order valence-electron chi connectivity index (χ1n) is 5.78. The number of pyridine rings is 1. The molecule has 1 N–H and O–H groups in total. The van der Waals surface area contributed by atoms with Crippen LogP contribution in [0.15, 0.2) is 55.0 Å². The molecule has 1 aliphatic heterocycles. The van der Waals surface area contributed by atoms with Crippen LogP contribution in [-0.2, 0) is 0 Å². The van der Waals surface area contributed by atoms with Crippen LogP contribution >= 0.6 is 0 Å². The molecule has 0 saturated heterocycles. The van der Waals surface area contributed by atoms with Gasteiger partial charge in [-0.25, -0.2) is 4.98 Å². The van der Waals surface area contributed by atoms with Crippen molar-refractivity contribution in [3.63, 3.8) is 0 Å². The van der Waals surface area contributed by atoms with E-state index in [-0.39, 0.29) is 0 Å². The highest BCUT2D eigenvalue weighted by atomic mass is 14.9. The lowest BCUT2D eigenvalue weighted by molar-refractivity contribution is 0.974. The average molecular weight is 236 g/mol. The van der Waals surface area contributed by atoms with Crippen LogP contribution in [0.4, 0.5) is 0 Å². The molecule has 0 aliphatic carbocycles. The number of dihydropyridines is 1. The van der Waals surface area contributed by atoms with E-state index in [2.05, 4.69) is 26.3 Å². The molecule has 0 atom stereocenters.